The summed E-state index contributed by atoms with van der Waals surface area (Å²) in [5.74, 6) is 0.971. The minimum absolute atomic E-state index is 0.0289. The average molecular weight is 418 g/mol. The monoisotopic (exact) mass is 418 g/mol. The number of carbonyl (C=O) groups excluding carboxylic acids is 1. The summed E-state index contributed by atoms with van der Waals surface area (Å²) in [5, 5.41) is 13.4. The lowest BCUT2D eigenvalue weighted by molar-refractivity contribution is -0.129. The van der Waals surface area contributed by atoms with E-state index in [9.17, 15) is 10.1 Å². The maximum absolute atomic E-state index is 11.9. The molecule has 9 nitrogen and oxygen atoms in total. The zero-order chi connectivity index (χ0) is 21.8. The molecule has 0 atom stereocenters. The number of nitrogens with two attached hydrogens (primary N) is 1. The van der Waals surface area contributed by atoms with E-state index in [0.717, 1.165) is 24.0 Å². The second-order valence-corrected chi connectivity index (χ2v) is 7.11. The van der Waals surface area contributed by atoms with E-state index in [1.165, 1.54) is 5.56 Å². The molecule has 2 aromatic heterocycles. The van der Waals surface area contributed by atoms with E-state index in [1.54, 1.807) is 17.2 Å². The van der Waals surface area contributed by atoms with Gasteiger partial charge in [0.15, 0.2) is 0 Å². The Hall–Kier alpha value is -3.77. The molecule has 9 heteroatoms. The van der Waals surface area contributed by atoms with E-state index in [4.69, 9.17) is 15.0 Å². The van der Waals surface area contributed by atoms with Crippen molar-refractivity contribution in [2.24, 2.45) is 5.73 Å². The number of amides is 1. The van der Waals surface area contributed by atoms with Crippen molar-refractivity contribution >= 4 is 5.91 Å². The molecule has 2 N–H and O–H groups in total. The van der Waals surface area contributed by atoms with Crippen molar-refractivity contribution in [3.63, 3.8) is 0 Å². The van der Waals surface area contributed by atoms with Gasteiger partial charge in [-0.1, -0.05) is 17.3 Å². The smallest absolute Gasteiger partial charge is 0.259 e. The Kier molecular flexibility index (Phi) is 5.91. The van der Waals surface area contributed by atoms with Gasteiger partial charge < -0.3 is 19.9 Å². The van der Waals surface area contributed by atoms with Gasteiger partial charge in [-0.3, -0.25) is 4.79 Å². The Labute approximate surface area is 179 Å². The maximum atomic E-state index is 11.9. The number of nitriles is 1. The SMILES string of the molecule is CCOc1ncc(-c2nc(-c3ccc4c(c3)CCN(C(=O)CN)CC4)no2)cc1C#N. The number of carbonyl (C=O) groups is 1. The molecule has 31 heavy (non-hydrogen) atoms. The second kappa shape index (κ2) is 8.93. The molecule has 0 fully saturated rings. The molecular formula is C22H22N6O3. The molecule has 3 heterocycles. The minimum atomic E-state index is -0.0310. The summed E-state index contributed by atoms with van der Waals surface area (Å²) in [5.41, 5.74) is 9.54. The molecule has 0 saturated carbocycles. The normalized spacial score (nSPS) is 13.3. The summed E-state index contributed by atoms with van der Waals surface area (Å²) in [6.45, 7) is 3.58. The minimum Gasteiger partial charge on any atom is -0.477 e. The van der Waals surface area contributed by atoms with E-state index in [0.29, 0.717) is 36.6 Å². The Morgan fingerprint density at radius 2 is 2.06 bits per heavy atom. The lowest BCUT2D eigenvalue weighted by atomic mass is 10.00. The van der Waals surface area contributed by atoms with Crippen molar-refractivity contribution in [3.05, 3.63) is 47.2 Å². The van der Waals surface area contributed by atoms with E-state index in [-0.39, 0.29) is 24.2 Å². The largest absolute Gasteiger partial charge is 0.477 e. The van der Waals surface area contributed by atoms with Crippen LogP contribution in [0.2, 0.25) is 0 Å². The van der Waals surface area contributed by atoms with Crippen molar-refractivity contribution in [3.8, 4) is 34.8 Å². The fourth-order valence-corrected chi connectivity index (χ4v) is 3.60. The first-order valence-corrected chi connectivity index (χ1v) is 10.1. The molecule has 0 bridgehead atoms. The van der Waals surface area contributed by atoms with Crippen molar-refractivity contribution in [1.29, 1.82) is 5.26 Å². The van der Waals surface area contributed by atoms with Gasteiger partial charge in [-0.25, -0.2) is 4.98 Å². The van der Waals surface area contributed by atoms with Crippen molar-refractivity contribution < 1.29 is 14.1 Å². The lowest BCUT2D eigenvalue weighted by Gasteiger charge is -2.18. The number of hydrogen-bond acceptors (Lipinski definition) is 8. The predicted octanol–water partition coefficient (Wildman–Crippen LogP) is 1.95. The first-order chi connectivity index (χ1) is 15.1. The van der Waals surface area contributed by atoms with Crippen molar-refractivity contribution in [2.45, 2.75) is 19.8 Å². The van der Waals surface area contributed by atoms with Crippen LogP contribution in [0.15, 0.2) is 35.0 Å². The van der Waals surface area contributed by atoms with Gasteiger partial charge in [-0.2, -0.15) is 10.2 Å². The highest BCUT2D eigenvalue weighted by Gasteiger charge is 2.19. The third kappa shape index (κ3) is 4.25. The molecule has 0 unspecified atom stereocenters. The highest BCUT2D eigenvalue weighted by atomic mass is 16.5. The van der Waals surface area contributed by atoms with Crippen LogP contribution < -0.4 is 10.5 Å². The number of fused-ring (bicyclic) bond motifs is 1. The average Bonchev–Trinajstić information content (AvgIpc) is 3.20. The van der Waals surface area contributed by atoms with Gasteiger partial charge in [0.1, 0.15) is 11.6 Å². The van der Waals surface area contributed by atoms with Crippen molar-refractivity contribution in [2.75, 3.05) is 26.2 Å². The molecule has 0 radical (unpaired) electrons. The summed E-state index contributed by atoms with van der Waals surface area (Å²) >= 11 is 0. The molecule has 1 aliphatic rings. The fourth-order valence-electron chi connectivity index (χ4n) is 3.60. The molecule has 1 aliphatic heterocycles. The Morgan fingerprint density at radius 1 is 1.26 bits per heavy atom. The molecule has 0 spiro atoms. The summed E-state index contributed by atoms with van der Waals surface area (Å²) in [7, 11) is 0. The van der Waals surface area contributed by atoms with E-state index >= 15 is 0 Å². The molecular weight excluding hydrogens is 396 g/mol. The standard InChI is InChI=1S/C22H22N6O3/c1-2-30-21-17(11-23)10-18(13-25-21)22-26-20(27-31-22)16-4-3-14-5-7-28(19(29)12-24)8-6-15(14)9-16/h3-4,9-10,13H,2,5-8,12,24H2,1H3. The van der Waals surface area contributed by atoms with Gasteiger partial charge in [-0.05, 0) is 43.0 Å². The van der Waals surface area contributed by atoms with E-state index in [2.05, 4.69) is 21.2 Å². The van der Waals surface area contributed by atoms with Gasteiger partial charge in [0.2, 0.25) is 17.6 Å². The Morgan fingerprint density at radius 3 is 2.81 bits per heavy atom. The van der Waals surface area contributed by atoms with Crippen LogP contribution in [0.4, 0.5) is 0 Å². The van der Waals surface area contributed by atoms with Gasteiger partial charge in [0, 0.05) is 24.8 Å². The first kappa shape index (κ1) is 20.5. The predicted molar refractivity (Wildman–Crippen MR) is 112 cm³/mol. The number of pyridine rings is 1. The van der Waals surface area contributed by atoms with Crippen LogP contribution in [0.3, 0.4) is 0 Å². The summed E-state index contributed by atoms with van der Waals surface area (Å²) < 4.78 is 10.8. The summed E-state index contributed by atoms with van der Waals surface area (Å²) in [6, 6.07) is 9.73. The van der Waals surface area contributed by atoms with Gasteiger partial charge in [0.05, 0.1) is 18.7 Å². The van der Waals surface area contributed by atoms with E-state index in [1.807, 2.05) is 25.1 Å². The third-order valence-corrected chi connectivity index (χ3v) is 5.22. The quantitative estimate of drug-likeness (QED) is 0.665. The van der Waals surface area contributed by atoms with Crippen LogP contribution >= 0.6 is 0 Å². The number of nitrogens with zero attached hydrogens (tertiary/aromatic N) is 5. The molecule has 158 valence electrons. The molecule has 1 aromatic carbocycles. The zero-order valence-electron chi connectivity index (χ0n) is 17.2. The van der Waals surface area contributed by atoms with Crippen LogP contribution in [0, 0.1) is 11.3 Å². The molecule has 0 saturated heterocycles. The zero-order valence-corrected chi connectivity index (χ0v) is 17.2. The van der Waals surface area contributed by atoms with Crippen LogP contribution in [0.25, 0.3) is 22.8 Å². The number of hydrogen-bond donors (Lipinski definition) is 1. The van der Waals surface area contributed by atoms with Crippen molar-refractivity contribution in [1.82, 2.24) is 20.0 Å². The van der Waals surface area contributed by atoms with Crippen LogP contribution in [0.5, 0.6) is 5.88 Å². The number of benzene rings is 1. The highest BCUT2D eigenvalue weighted by Crippen LogP contribution is 2.27. The summed E-state index contributed by atoms with van der Waals surface area (Å²) in [4.78, 5) is 22.4. The van der Waals surface area contributed by atoms with Gasteiger partial charge in [-0.15, -0.1) is 0 Å². The molecule has 0 aliphatic carbocycles. The summed E-state index contributed by atoms with van der Waals surface area (Å²) in [6.07, 6.45) is 3.07. The highest BCUT2D eigenvalue weighted by molar-refractivity contribution is 5.78. The topological polar surface area (TPSA) is 131 Å². The molecule has 1 amide bonds. The Bertz CT molecular complexity index is 1150. The van der Waals surface area contributed by atoms with Crippen LogP contribution in [0.1, 0.15) is 23.6 Å². The second-order valence-electron chi connectivity index (χ2n) is 7.11. The molecule has 4 rings (SSSR count). The third-order valence-electron chi connectivity index (χ3n) is 5.22. The van der Waals surface area contributed by atoms with E-state index < -0.39 is 0 Å². The number of ether oxygens (including phenoxy) is 1. The maximum Gasteiger partial charge on any atom is 0.259 e. The number of rotatable bonds is 5. The Balaban J connectivity index is 1.58. The van der Waals surface area contributed by atoms with Crippen LogP contribution in [-0.4, -0.2) is 52.2 Å². The lowest BCUT2D eigenvalue weighted by Crippen LogP contribution is -2.37. The first-order valence-electron chi connectivity index (χ1n) is 10.1. The fraction of sp³-hybridized carbons (Fsp3) is 0.318. The molecule has 3 aromatic rings. The van der Waals surface area contributed by atoms with Gasteiger partial charge >= 0.3 is 0 Å². The van der Waals surface area contributed by atoms with Gasteiger partial charge in [0.25, 0.3) is 5.89 Å². The number of aromatic nitrogens is 3. The van der Waals surface area contributed by atoms with Crippen LogP contribution in [-0.2, 0) is 17.6 Å².